The standard InChI is InChI=1S/C20H27ClN2O4/c1-13-11-17(18(26-2)12-16(13)21)22-19(24)14-3-5-15(6-4-14)20(25)23-7-9-27-10-8-23/h11-12,14-15H,3-10H2,1-2H3,(H,22,24). The van der Waals surface area contributed by atoms with Gasteiger partial charge in [0.15, 0.2) is 0 Å². The Morgan fingerprint density at radius 3 is 2.41 bits per heavy atom. The van der Waals surface area contributed by atoms with Crippen LogP contribution < -0.4 is 10.1 Å². The molecule has 0 spiro atoms. The average molecular weight is 395 g/mol. The lowest BCUT2D eigenvalue weighted by Gasteiger charge is -2.33. The van der Waals surface area contributed by atoms with E-state index in [9.17, 15) is 9.59 Å². The molecule has 27 heavy (non-hydrogen) atoms. The van der Waals surface area contributed by atoms with Crippen molar-refractivity contribution in [2.24, 2.45) is 11.8 Å². The fourth-order valence-electron chi connectivity index (χ4n) is 3.81. The highest BCUT2D eigenvalue weighted by Crippen LogP contribution is 2.34. The molecule has 0 unspecified atom stereocenters. The van der Waals surface area contributed by atoms with Gasteiger partial charge >= 0.3 is 0 Å². The van der Waals surface area contributed by atoms with E-state index >= 15 is 0 Å². The second-order valence-electron chi connectivity index (χ2n) is 7.28. The third-order valence-corrected chi connectivity index (χ3v) is 5.92. The number of methoxy groups -OCH3 is 1. The largest absolute Gasteiger partial charge is 0.495 e. The Labute approximate surface area is 165 Å². The van der Waals surface area contributed by atoms with E-state index in [1.807, 2.05) is 17.9 Å². The first-order chi connectivity index (χ1) is 13.0. The number of halogens is 1. The molecule has 0 radical (unpaired) electrons. The third kappa shape index (κ3) is 4.74. The number of nitrogens with zero attached hydrogens (tertiary/aromatic N) is 1. The lowest BCUT2D eigenvalue weighted by molar-refractivity contribution is -0.141. The van der Waals surface area contributed by atoms with Crippen LogP contribution in [0.2, 0.25) is 5.02 Å². The van der Waals surface area contributed by atoms with Crippen molar-refractivity contribution in [1.82, 2.24) is 4.90 Å². The van der Waals surface area contributed by atoms with Crippen molar-refractivity contribution in [3.05, 3.63) is 22.7 Å². The zero-order chi connectivity index (χ0) is 19.4. The normalized spacial score (nSPS) is 23.0. The predicted molar refractivity (Wildman–Crippen MR) is 104 cm³/mol. The summed E-state index contributed by atoms with van der Waals surface area (Å²) in [6.45, 7) is 4.47. The van der Waals surface area contributed by atoms with Gasteiger partial charge in [-0.05, 0) is 44.2 Å². The second-order valence-corrected chi connectivity index (χ2v) is 7.68. The van der Waals surface area contributed by atoms with Gasteiger partial charge in [-0.15, -0.1) is 0 Å². The van der Waals surface area contributed by atoms with Crippen molar-refractivity contribution >= 4 is 29.1 Å². The number of carbonyl (C=O) groups is 2. The van der Waals surface area contributed by atoms with E-state index in [4.69, 9.17) is 21.1 Å². The Balaban J connectivity index is 1.56. The van der Waals surface area contributed by atoms with Gasteiger partial charge in [0.1, 0.15) is 5.75 Å². The third-order valence-electron chi connectivity index (χ3n) is 5.51. The van der Waals surface area contributed by atoms with Gasteiger partial charge in [-0.25, -0.2) is 0 Å². The quantitative estimate of drug-likeness (QED) is 0.851. The molecular formula is C20H27ClN2O4. The van der Waals surface area contributed by atoms with E-state index in [0.29, 0.717) is 42.8 Å². The first kappa shape index (κ1) is 20.0. The SMILES string of the molecule is COc1cc(Cl)c(C)cc1NC(=O)C1CCC(C(=O)N2CCOCC2)CC1. The molecule has 2 aliphatic rings. The van der Waals surface area contributed by atoms with Gasteiger partial charge in [-0.2, -0.15) is 0 Å². The van der Waals surface area contributed by atoms with E-state index in [1.54, 1.807) is 13.2 Å². The summed E-state index contributed by atoms with van der Waals surface area (Å²) < 4.78 is 10.6. The molecule has 1 saturated carbocycles. The van der Waals surface area contributed by atoms with Crippen molar-refractivity contribution < 1.29 is 19.1 Å². The summed E-state index contributed by atoms with van der Waals surface area (Å²) in [5.74, 6) is 0.688. The lowest BCUT2D eigenvalue weighted by atomic mass is 9.81. The van der Waals surface area contributed by atoms with E-state index in [0.717, 1.165) is 31.2 Å². The zero-order valence-electron chi connectivity index (χ0n) is 15.9. The van der Waals surface area contributed by atoms with Gasteiger partial charge in [0.25, 0.3) is 0 Å². The maximum atomic E-state index is 12.7. The topological polar surface area (TPSA) is 67.9 Å². The fraction of sp³-hybridized carbons (Fsp3) is 0.600. The maximum absolute atomic E-state index is 12.7. The summed E-state index contributed by atoms with van der Waals surface area (Å²) in [6.07, 6.45) is 2.96. The van der Waals surface area contributed by atoms with Crippen LogP contribution in [0.15, 0.2) is 12.1 Å². The Hall–Kier alpha value is -1.79. The Morgan fingerprint density at radius 1 is 1.15 bits per heavy atom. The Kier molecular flexibility index (Phi) is 6.60. The summed E-state index contributed by atoms with van der Waals surface area (Å²) in [7, 11) is 1.55. The van der Waals surface area contributed by atoms with Crippen molar-refractivity contribution in [2.45, 2.75) is 32.6 Å². The van der Waals surface area contributed by atoms with Crippen LogP contribution in [0, 0.1) is 18.8 Å². The number of hydrogen-bond donors (Lipinski definition) is 1. The Bertz CT molecular complexity index is 695. The molecule has 2 amide bonds. The first-order valence-electron chi connectivity index (χ1n) is 9.51. The van der Waals surface area contributed by atoms with Gasteiger partial charge in [0.2, 0.25) is 11.8 Å². The summed E-state index contributed by atoms with van der Waals surface area (Å²) in [5, 5.41) is 3.58. The monoisotopic (exact) mass is 394 g/mol. The second kappa shape index (κ2) is 8.93. The smallest absolute Gasteiger partial charge is 0.227 e. The van der Waals surface area contributed by atoms with E-state index in [1.165, 1.54) is 0 Å². The number of ether oxygens (including phenoxy) is 2. The Morgan fingerprint density at radius 2 is 1.78 bits per heavy atom. The van der Waals surface area contributed by atoms with Crippen LogP contribution >= 0.6 is 11.6 Å². The summed E-state index contributed by atoms with van der Waals surface area (Å²) in [4.78, 5) is 27.2. The first-order valence-corrected chi connectivity index (χ1v) is 9.89. The minimum absolute atomic E-state index is 0.0210. The molecule has 6 nitrogen and oxygen atoms in total. The molecular weight excluding hydrogens is 368 g/mol. The van der Waals surface area contributed by atoms with Crippen molar-refractivity contribution in [3.63, 3.8) is 0 Å². The predicted octanol–water partition coefficient (Wildman–Crippen LogP) is 3.26. The molecule has 1 heterocycles. The minimum atomic E-state index is -0.0839. The van der Waals surface area contributed by atoms with E-state index in [2.05, 4.69) is 5.32 Å². The highest BCUT2D eigenvalue weighted by atomic mass is 35.5. The number of amides is 2. The maximum Gasteiger partial charge on any atom is 0.227 e. The molecule has 1 aromatic rings. The van der Waals surface area contributed by atoms with Crippen LogP contribution in [0.25, 0.3) is 0 Å². The van der Waals surface area contributed by atoms with Gasteiger partial charge in [-0.3, -0.25) is 9.59 Å². The molecule has 1 aromatic carbocycles. The van der Waals surface area contributed by atoms with E-state index < -0.39 is 0 Å². The lowest BCUT2D eigenvalue weighted by Crippen LogP contribution is -2.44. The van der Waals surface area contributed by atoms with Crippen LogP contribution in [0.1, 0.15) is 31.2 Å². The van der Waals surface area contributed by atoms with Gasteiger partial charge in [0, 0.05) is 36.0 Å². The van der Waals surface area contributed by atoms with Crippen molar-refractivity contribution in [3.8, 4) is 5.75 Å². The number of benzene rings is 1. The highest BCUT2D eigenvalue weighted by Gasteiger charge is 2.32. The van der Waals surface area contributed by atoms with E-state index in [-0.39, 0.29) is 23.7 Å². The molecule has 1 saturated heterocycles. The molecule has 1 aliphatic heterocycles. The molecule has 3 rings (SSSR count). The van der Waals surface area contributed by atoms with Gasteiger partial charge < -0.3 is 19.7 Å². The van der Waals surface area contributed by atoms with Crippen molar-refractivity contribution in [1.29, 1.82) is 0 Å². The average Bonchev–Trinajstić information content (AvgIpc) is 2.70. The minimum Gasteiger partial charge on any atom is -0.495 e. The number of morpholine rings is 1. The molecule has 148 valence electrons. The summed E-state index contributed by atoms with van der Waals surface area (Å²) >= 11 is 6.12. The molecule has 1 aliphatic carbocycles. The number of aryl methyl sites for hydroxylation is 1. The molecule has 0 aromatic heterocycles. The molecule has 7 heteroatoms. The number of nitrogens with one attached hydrogen (secondary N) is 1. The van der Waals surface area contributed by atoms with Crippen LogP contribution in [0.3, 0.4) is 0 Å². The number of anilines is 1. The van der Waals surface area contributed by atoms with Gasteiger partial charge in [0.05, 0.1) is 26.0 Å². The van der Waals surface area contributed by atoms with Crippen molar-refractivity contribution in [2.75, 3.05) is 38.7 Å². The zero-order valence-corrected chi connectivity index (χ0v) is 16.7. The summed E-state index contributed by atoms with van der Waals surface area (Å²) in [5.41, 5.74) is 1.52. The molecule has 2 fully saturated rings. The van der Waals surface area contributed by atoms with Crippen LogP contribution in [0.5, 0.6) is 5.75 Å². The van der Waals surface area contributed by atoms with Crippen LogP contribution in [-0.4, -0.2) is 50.1 Å². The van der Waals surface area contributed by atoms with Gasteiger partial charge in [-0.1, -0.05) is 11.6 Å². The molecule has 0 bridgehead atoms. The number of hydrogen-bond acceptors (Lipinski definition) is 4. The van der Waals surface area contributed by atoms with Crippen LogP contribution in [0.4, 0.5) is 5.69 Å². The molecule has 0 atom stereocenters. The number of carbonyl (C=O) groups excluding carboxylic acids is 2. The fourth-order valence-corrected chi connectivity index (χ4v) is 3.96. The number of rotatable bonds is 4. The van der Waals surface area contributed by atoms with Crippen LogP contribution in [-0.2, 0) is 14.3 Å². The summed E-state index contributed by atoms with van der Waals surface area (Å²) in [6, 6.07) is 3.54. The highest BCUT2D eigenvalue weighted by molar-refractivity contribution is 6.31. The molecule has 1 N–H and O–H groups in total.